The van der Waals surface area contributed by atoms with E-state index in [9.17, 15) is 27.9 Å². The number of sulfonamides is 1. The monoisotopic (exact) mass is 566 g/mol. The summed E-state index contributed by atoms with van der Waals surface area (Å²) in [4.78, 5) is 45.6. The van der Waals surface area contributed by atoms with Crippen LogP contribution in [0.3, 0.4) is 0 Å². The summed E-state index contributed by atoms with van der Waals surface area (Å²) in [7, 11) is 1.49. The van der Waals surface area contributed by atoms with Crippen LogP contribution in [0.5, 0.6) is 0 Å². The van der Waals surface area contributed by atoms with Crippen molar-refractivity contribution in [3.63, 3.8) is 0 Å². The normalized spacial score (nSPS) is 23.4. The van der Waals surface area contributed by atoms with Crippen LogP contribution in [0.15, 0.2) is 59.0 Å². The van der Waals surface area contributed by atoms with Crippen molar-refractivity contribution in [2.24, 2.45) is 0 Å². The predicted octanol–water partition coefficient (Wildman–Crippen LogP) is 2.37. The number of amides is 2. The van der Waals surface area contributed by atoms with Gasteiger partial charge in [-0.05, 0) is 57.3 Å². The number of hydrogen-bond acceptors (Lipinski definition) is 7. The summed E-state index contributed by atoms with van der Waals surface area (Å²) in [6.45, 7) is 1.37. The summed E-state index contributed by atoms with van der Waals surface area (Å²) in [5, 5.41) is 11.6. The van der Waals surface area contributed by atoms with Gasteiger partial charge in [0.05, 0.1) is 10.5 Å². The van der Waals surface area contributed by atoms with E-state index < -0.39 is 38.9 Å². The molecule has 3 heterocycles. The predicted molar refractivity (Wildman–Crippen MR) is 150 cm³/mol. The molecule has 1 atom stereocenters. The van der Waals surface area contributed by atoms with Gasteiger partial charge >= 0.3 is 0 Å². The first kappa shape index (κ1) is 28.0. The molecule has 0 aliphatic carbocycles. The van der Waals surface area contributed by atoms with Gasteiger partial charge in [-0.25, -0.2) is 8.42 Å². The molecule has 2 aromatic carbocycles. The zero-order valence-corrected chi connectivity index (χ0v) is 23.8. The number of Topliss-reactive ketones (excluding diaryl/α,β-unsaturated/α-hetero) is 1. The Morgan fingerprint density at radius 2 is 1.57 bits per heavy atom. The van der Waals surface area contributed by atoms with Crippen LogP contribution in [0.25, 0.3) is 5.76 Å². The van der Waals surface area contributed by atoms with Crippen molar-refractivity contribution in [1.82, 2.24) is 14.1 Å². The number of benzene rings is 2. The standard InChI is InChI=1S/C29H34N4O6S/c1-30(2)18-19-33-27(36)26(35)24(29(33)22-10-6-7-11-23(22)31(3)28(29)37)25(34)20-12-14-21(15-13-20)40(38,39)32-16-8-4-5-9-17-32/h6-7,10-15,34H,4-5,8-9,16-19H2,1-3H3/b25-24+. The number of likely N-dealkylation sites (tertiary alicyclic amines) is 1. The van der Waals surface area contributed by atoms with Gasteiger partial charge < -0.3 is 19.8 Å². The second-order valence-electron chi connectivity index (χ2n) is 10.7. The van der Waals surface area contributed by atoms with Crippen molar-refractivity contribution in [2.75, 3.05) is 52.2 Å². The maximum Gasteiger partial charge on any atom is 0.296 e. The zero-order valence-electron chi connectivity index (χ0n) is 23.0. The highest BCUT2D eigenvalue weighted by molar-refractivity contribution is 7.89. The van der Waals surface area contributed by atoms with Crippen LogP contribution in [-0.2, 0) is 29.9 Å². The molecule has 1 unspecified atom stereocenters. The number of rotatable bonds is 6. The number of aliphatic hydroxyl groups is 1. The van der Waals surface area contributed by atoms with E-state index in [0.717, 1.165) is 25.7 Å². The van der Waals surface area contributed by atoms with E-state index in [0.29, 0.717) is 30.9 Å². The SMILES string of the molecule is CN(C)CCN1C(=O)C(=O)/C(=C(\O)c2ccc(S(=O)(=O)N3CCCCCC3)cc2)C12C(=O)N(C)c1ccccc12. The Bertz CT molecular complexity index is 1490. The molecule has 1 spiro atoms. The number of nitrogens with zero attached hydrogens (tertiary/aromatic N) is 4. The van der Waals surface area contributed by atoms with Crippen LogP contribution in [-0.4, -0.2) is 92.5 Å². The lowest BCUT2D eigenvalue weighted by atomic mass is 9.82. The van der Waals surface area contributed by atoms with Gasteiger partial charge in [-0.15, -0.1) is 0 Å². The Kier molecular flexibility index (Phi) is 7.32. The molecule has 2 fully saturated rings. The molecule has 0 radical (unpaired) electrons. The smallest absolute Gasteiger partial charge is 0.296 e. The second kappa shape index (κ2) is 10.5. The topological polar surface area (TPSA) is 119 Å². The molecule has 10 nitrogen and oxygen atoms in total. The van der Waals surface area contributed by atoms with E-state index in [-0.39, 0.29) is 22.6 Å². The van der Waals surface area contributed by atoms with E-state index in [1.54, 1.807) is 31.3 Å². The molecule has 2 saturated heterocycles. The molecule has 40 heavy (non-hydrogen) atoms. The Labute approximate surface area is 234 Å². The molecule has 5 rings (SSSR count). The molecule has 2 amide bonds. The first-order valence-electron chi connectivity index (χ1n) is 13.5. The summed E-state index contributed by atoms with van der Waals surface area (Å²) in [6, 6.07) is 12.5. The van der Waals surface area contributed by atoms with E-state index in [2.05, 4.69) is 0 Å². The fourth-order valence-electron chi connectivity index (χ4n) is 5.93. The fourth-order valence-corrected chi connectivity index (χ4v) is 7.45. The third kappa shape index (κ3) is 4.23. The maximum atomic E-state index is 14.0. The van der Waals surface area contributed by atoms with E-state index in [1.165, 1.54) is 38.4 Å². The average molecular weight is 567 g/mol. The number of carbonyl (C=O) groups is 3. The highest BCUT2D eigenvalue weighted by Crippen LogP contribution is 2.53. The third-order valence-corrected chi connectivity index (χ3v) is 9.95. The minimum absolute atomic E-state index is 0.0779. The van der Waals surface area contributed by atoms with Crippen molar-refractivity contribution in [3.8, 4) is 0 Å². The average Bonchev–Trinajstić information content (AvgIpc) is 3.15. The van der Waals surface area contributed by atoms with E-state index >= 15 is 0 Å². The van der Waals surface area contributed by atoms with Crippen LogP contribution in [0.1, 0.15) is 36.8 Å². The molecule has 0 bridgehead atoms. The number of likely N-dealkylation sites (N-methyl/N-ethyl adjacent to an activating group) is 2. The van der Waals surface area contributed by atoms with Crippen LogP contribution < -0.4 is 4.90 Å². The molecule has 0 saturated carbocycles. The molecule has 3 aliphatic heterocycles. The van der Waals surface area contributed by atoms with Gasteiger partial charge in [0.1, 0.15) is 5.76 Å². The van der Waals surface area contributed by atoms with Crippen LogP contribution >= 0.6 is 0 Å². The van der Waals surface area contributed by atoms with Gasteiger partial charge in [-0.2, -0.15) is 4.31 Å². The maximum absolute atomic E-state index is 14.0. The van der Waals surface area contributed by atoms with Gasteiger partial charge in [0.2, 0.25) is 10.0 Å². The number of ketones is 1. The molecule has 0 aromatic heterocycles. The Hall–Kier alpha value is -3.54. The fraction of sp³-hybridized carbons (Fsp3) is 0.414. The van der Waals surface area contributed by atoms with Crippen molar-refractivity contribution < 1.29 is 27.9 Å². The summed E-state index contributed by atoms with van der Waals surface area (Å²) in [6.07, 6.45) is 3.58. The lowest BCUT2D eigenvalue weighted by molar-refractivity contribution is -0.143. The lowest BCUT2D eigenvalue weighted by Crippen LogP contribution is -2.52. The summed E-state index contributed by atoms with van der Waals surface area (Å²) in [5.41, 5.74) is -1.05. The Balaban J connectivity index is 1.63. The first-order valence-corrected chi connectivity index (χ1v) is 14.9. The van der Waals surface area contributed by atoms with Crippen LogP contribution in [0.4, 0.5) is 5.69 Å². The first-order chi connectivity index (χ1) is 19.0. The number of aliphatic hydroxyl groups excluding tert-OH is 1. The molecular weight excluding hydrogens is 532 g/mol. The van der Waals surface area contributed by atoms with Gasteiger partial charge in [0, 0.05) is 50.0 Å². The summed E-state index contributed by atoms with van der Waals surface area (Å²) in [5.74, 6) is -2.88. The van der Waals surface area contributed by atoms with Gasteiger partial charge in [-0.1, -0.05) is 31.0 Å². The highest BCUT2D eigenvalue weighted by atomic mass is 32.2. The Morgan fingerprint density at radius 3 is 2.20 bits per heavy atom. The summed E-state index contributed by atoms with van der Waals surface area (Å²) >= 11 is 0. The molecular formula is C29H34N4O6S. The Morgan fingerprint density at radius 1 is 0.950 bits per heavy atom. The van der Waals surface area contributed by atoms with Crippen LogP contribution in [0.2, 0.25) is 0 Å². The van der Waals surface area contributed by atoms with Crippen molar-refractivity contribution >= 4 is 39.1 Å². The van der Waals surface area contributed by atoms with Crippen LogP contribution in [0, 0.1) is 0 Å². The molecule has 2 aromatic rings. The minimum atomic E-state index is -3.73. The van der Waals surface area contributed by atoms with Gasteiger partial charge in [0.15, 0.2) is 5.54 Å². The number of fused-ring (bicyclic) bond motifs is 2. The summed E-state index contributed by atoms with van der Waals surface area (Å²) < 4.78 is 28.0. The molecule has 3 aliphatic rings. The van der Waals surface area contributed by atoms with Crippen molar-refractivity contribution in [2.45, 2.75) is 36.1 Å². The van der Waals surface area contributed by atoms with Crippen molar-refractivity contribution in [3.05, 3.63) is 65.2 Å². The lowest BCUT2D eigenvalue weighted by Gasteiger charge is -2.34. The van der Waals surface area contributed by atoms with Crippen molar-refractivity contribution in [1.29, 1.82) is 0 Å². The zero-order chi connectivity index (χ0) is 28.8. The van der Waals surface area contributed by atoms with Gasteiger partial charge in [0.25, 0.3) is 17.6 Å². The number of carbonyl (C=O) groups excluding carboxylic acids is 3. The third-order valence-electron chi connectivity index (χ3n) is 8.04. The number of anilines is 1. The largest absolute Gasteiger partial charge is 0.507 e. The second-order valence-corrected chi connectivity index (χ2v) is 12.7. The highest BCUT2D eigenvalue weighted by Gasteiger charge is 2.66. The number of hydrogen-bond donors (Lipinski definition) is 1. The number of para-hydroxylation sites is 1. The molecule has 11 heteroatoms. The van der Waals surface area contributed by atoms with E-state index in [1.807, 2.05) is 19.0 Å². The molecule has 212 valence electrons. The van der Waals surface area contributed by atoms with Gasteiger partial charge in [-0.3, -0.25) is 14.4 Å². The minimum Gasteiger partial charge on any atom is -0.507 e. The molecule has 1 N–H and O–H groups in total. The van der Waals surface area contributed by atoms with E-state index in [4.69, 9.17) is 0 Å². The quantitative estimate of drug-likeness (QED) is 0.324.